The Morgan fingerprint density at radius 1 is 1.21 bits per heavy atom. The molecule has 3 fully saturated rings. The fourth-order valence-corrected chi connectivity index (χ4v) is 4.47. The Bertz CT molecular complexity index is 576. The second kappa shape index (κ2) is 6.84. The van der Waals surface area contributed by atoms with Crippen LogP contribution in [0.5, 0.6) is 0 Å². The fourth-order valence-electron chi connectivity index (χ4n) is 4.47. The molecule has 0 aromatic carbocycles. The van der Waals surface area contributed by atoms with Crippen LogP contribution < -0.4 is 0 Å². The van der Waals surface area contributed by atoms with E-state index in [1.807, 2.05) is 4.90 Å². The summed E-state index contributed by atoms with van der Waals surface area (Å²) in [6, 6.07) is 2.51. The van der Waals surface area contributed by atoms with Crippen LogP contribution in [0.3, 0.4) is 0 Å². The highest BCUT2D eigenvalue weighted by Gasteiger charge is 2.40. The summed E-state index contributed by atoms with van der Waals surface area (Å²) in [7, 11) is 0. The normalized spacial score (nSPS) is 26.7. The van der Waals surface area contributed by atoms with Gasteiger partial charge in [-0.1, -0.05) is 24.4 Å². The Balaban J connectivity index is 1.27. The number of nitrogens with zero attached hydrogens (tertiary/aromatic N) is 3. The molecule has 1 amide bonds. The molecular weight excluding hydrogens is 306 g/mol. The molecule has 0 spiro atoms. The highest BCUT2D eigenvalue weighted by molar-refractivity contribution is 5.80. The van der Waals surface area contributed by atoms with Gasteiger partial charge in [-0.25, -0.2) is 0 Å². The zero-order valence-corrected chi connectivity index (χ0v) is 14.2. The molecular formula is C18H27N3O3. The van der Waals surface area contributed by atoms with E-state index < -0.39 is 0 Å². The van der Waals surface area contributed by atoms with Crippen molar-refractivity contribution in [3.05, 3.63) is 17.5 Å². The van der Waals surface area contributed by atoms with Crippen molar-refractivity contribution in [1.82, 2.24) is 15.0 Å². The van der Waals surface area contributed by atoms with Crippen molar-refractivity contribution in [2.24, 2.45) is 5.92 Å². The lowest BCUT2D eigenvalue weighted by Crippen LogP contribution is -2.51. The third-order valence-corrected chi connectivity index (χ3v) is 6.00. The van der Waals surface area contributed by atoms with Gasteiger partial charge in [-0.3, -0.25) is 9.69 Å². The van der Waals surface area contributed by atoms with Gasteiger partial charge in [0.05, 0.1) is 11.6 Å². The highest BCUT2D eigenvalue weighted by atomic mass is 16.5. The zero-order valence-electron chi connectivity index (χ0n) is 14.2. The summed E-state index contributed by atoms with van der Waals surface area (Å²) in [5.74, 6) is 1.25. The summed E-state index contributed by atoms with van der Waals surface area (Å²) in [6.07, 6.45) is 7.71. The van der Waals surface area contributed by atoms with E-state index in [0.29, 0.717) is 17.7 Å². The minimum atomic E-state index is -0.124. The first-order valence-electron chi connectivity index (χ1n) is 9.34. The number of hydrogen-bond donors (Lipinski definition) is 1. The molecule has 1 aromatic heterocycles. The number of likely N-dealkylation sites (tertiary alicyclic amines) is 2. The van der Waals surface area contributed by atoms with Gasteiger partial charge < -0.3 is 14.5 Å². The van der Waals surface area contributed by atoms with Gasteiger partial charge >= 0.3 is 0 Å². The minimum absolute atomic E-state index is 0.124. The molecule has 3 heterocycles. The predicted octanol–water partition coefficient (Wildman–Crippen LogP) is 1.75. The maximum absolute atomic E-state index is 12.7. The van der Waals surface area contributed by atoms with Crippen molar-refractivity contribution in [2.45, 2.75) is 57.1 Å². The van der Waals surface area contributed by atoms with Crippen LogP contribution in [-0.2, 0) is 11.4 Å². The molecule has 0 bridgehead atoms. The first kappa shape index (κ1) is 16.1. The van der Waals surface area contributed by atoms with E-state index >= 15 is 0 Å². The lowest BCUT2D eigenvalue weighted by atomic mass is 9.93. The predicted molar refractivity (Wildman–Crippen MR) is 88.3 cm³/mol. The van der Waals surface area contributed by atoms with Crippen LogP contribution in [0.1, 0.15) is 55.9 Å². The van der Waals surface area contributed by atoms with Crippen LogP contribution in [-0.4, -0.2) is 58.2 Å². The van der Waals surface area contributed by atoms with E-state index in [9.17, 15) is 4.79 Å². The summed E-state index contributed by atoms with van der Waals surface area (Å²) in [4.78, 5) is 17.2. The molecule has 1 unspecified atom stereocenters. The molecule has 6 nitrogen and oxygen atoms in total. The van der Waals surface area contributed by atoms with Crippen molar-refractivity contribution >= 4 is 5.91 Å². The molecule has 1 aromatic rings. The Labute approximate surface area is 142 Å². The second-order valence-corrected chi connectivity index (χ2v) is 7.59. The summed E-state index contributed by atoms with van der Waals surface area (Å²) in [5.41, 5.74) is 0.860. The van der Waals surface area contributed by atoms with Crippen LogP contribution >= 0.6 is 0 Å². The van der Waals surface area contributed by atoms with Gasteiger partial charge in [-0.2, -0.15) is 0 Å². The number of carbonyl (C=O) groups is 1. The maximum Gasteiger partial charge on any atom is 0.227 e. The molecule has 132 valence electrons. The van der Waals surface area contributed by atoms with Crippen LogP contribution in [0, 0.1) is 5.92 Å². The number of hydrogen-bond acceptors (Lipinski definition) is 5. The molecule has 4 rings (SSSR count). The van der Waals surface area contributed by atoms with Gasteiger partial charge in [0, 0.05) is 37.7 Å². The molecule has 6 heteroatoms. The molecule has 2 saturated heterocycles. The Morgan fingerprint density at radius 2 is 2.00 bits per heavy atom. The average Bonchev–Trinajstić information content (AvgIpc) is 3.24. The quantitative estimate of drug-likeness (QED) is 0.909. The molecule has 1 saturated carbocycles. The summed E-state index contributed by atoms with van der Waals surface area (Å²) in [5, 5.41) is 13.0. The second-order valence-electron chi connectivity index (χ2n) is 7.59. The SMILES string of the molecule is O=C(C1CCN(C2CCCCC2)C1)N1CC(c2cc(CO)on2)C1. The number of aliphatic hydroxyl groups excluding tert-OH is 1. The van der Waals surface area contributed by atoms with Crippen molar-refractivity contribution < 1.29 is 14.4 Å². The van der Waals surface area contributed by atoms with Gasteiger partial charge in [0.1, 0.15) is 6.61 Å². The number of carbonyl (C=O) groups excluding carboxylic acids is 1. The van der Waals surface area contributed by atoms with Gasteiger partial charge in [0.2, 0.25) is 5.91 Å². The Morgan fingerprint density at radius 3 is 2.71 bits per heavy atom. The van der Waals surface area contributed by atoms with E-state index in [4.69, 9.17) is 9.63 Å². The van der Waals surface area contributed by atoms with Gasteiger partial charge in [-0.15, -0.1) is 0 Å². The van der Waals surface area contributed by atoms with E-state index in [1.54, 1.807) is 6.07 Å². The Hall–Kier alpha value is -1.40. The van der Waals surface area contributed by atoms with Crippen molar-refractivity contribution in [1.29, 1.82) is 0 Å². The summed E-state index contributed by atoms with van der Waals surface area (Å²) >= 11 is 0. The van der Waals surface area contributed by atoms with E-state index in [0.717, 1.165) is 38.3 Å². The molecule has 24 heavy (non-hydrogen) atoms. The molecule has 1 N–H and O–H groups in total. The van der Waals surface area contributed by atoms with E-state index in [2.05, 4.69) is 10.1 Å². The molecule has 2 aliphatic heterocycles. The first-order valence-corrected chi connectivity index (χ1v) is 9.34. The summed E-state index contributed by atoms with van der Waals surface area (Å²) < 4.78 is 5.04. The first-order chi connectivity index (χ1) is 11.7. The van der Waals surface area contributed by atoms with E-state index in [1.165, 1.54) is 32.1 Å². The van der Waals surface area contributed by atoms with Crippen molar-refractivity contribution in [3.63, 3.8) is 0 Å². The van der Waals surface area contributed by atoms with E-state index in [-0.39, 0.29) is 18.4 Å². The van der Waals surface area contributed by atoms with Crippen LogP contribution in [0.15, 0.2) is 10.6 Å². The lowest BCUT2D eigenvalue weighted by Gasteiger charge is -2.39. The summed E-state index contributed by atoms with van der Waals surface area (Å²) in [6.45, 7) is 3.37. The molecule has 0 radical (unpaired) electrons. The van der Waals surface area contributed by atoms with Crippen molar-refractivity contribution in [3.8, 4) is 0 Å². The van der Waals surface area contributed by atoms with Gasteiger partial charge in [0.15, 0.2) is 5.76 Å². The maximum atomic E-state index is 12.7. The largest absolute Gasteiger partial charge is 0.388 e. The molecule has 1 aliphatic carbocycles. The highest BCUT2D eigenvalue weighted by Crippen LogP contribution is 2.32. The number of amides is 1. The number of aromatic nitrogens is 1. The Kier molecular flexibility index (Phi) is 4.59. The van der Waals surface area contributed by atoms with Crippen LogP contribution in [0.4, 0.5) is 0 Å². The zero-order chi connectivity index (χ0) is 16.5. The average molecular weight is 333 g/mol. The number of rotatable bonds is 4. The number of aliphatic hydroxyl groups is 1. The van der Waals surface area contributed by atoms with Crippen molar-refractivity contribution in [2.75, 3.05) is 26.2 Å². The van der Waals surface area contributed by atoms with Crippen LogP contribution in [0.25, 0.3) is 0 Å². The molecule has 1 atom stereocenters. The smallest absolute Gasteiger partial charge is 0.227 e. The third kappa shape index (κ3) is 3.09. The monoisotopic (exact) mass is 333 g/mol. The molecule has 3 aliphatic rings. The standard InChI is InChI=1S/C18H27N3O3/c22-12-16-8-17(19-24-16)14-10-21(11-14)18(23)13-6-7-20(9-13)15-4-2-1-3-5-15/h8,13-15,22H,1-7,9-12H2. The van der Waals surface area contributed by atoms with Gasteiger partial charge in [-0.05, 0) is 25.8 Å². The third-order valence-electron chi connectivity index (χ3n) is 6.00. The minimum Gasteiger partial charge on any atom is -0.388 e. The lowest BCUT2D eigenvalue weighted by molar-refractivity contribution is -0.139. The topological polar surface area (TPSA) is 69.8 Å². The fraction of sp³-hybridized carbons (Fsp3) is 0.778. The van der Waals surface area contributed by atoms with Gasteiger partial charge in [0.25, 0.3) is 0 Å². The van der Waals surface area contributed by atoms with Crippen LogP contribution in [0.2, 0.25) is 0 Å².